The standard InChI is InChI=1S/C13H25NO/c1-11(2)5-6-12-9-14-10-13(15-12)7-3-4-8-13/h11-12,14H,3-10H2,1-2H3/t12-/m1/s1. The molecular weight excluding hydrogens is 186 g/mol. The van der Waals surface area contributed by atoms with Crippen molar-refractivity contribution in [1.29, 1.82) is 0 Å². The zero-order valence-electron chi connectivity index (χ0n) is 10.2. The van der Waals surface area contributed by atoms with E-state index in [2.05, 4.69) is 19.2 Å². The van der Waals surface area contributed by atoms with E-state index in [0.29, 0.717) is 6.10 Å². The molecule has 0 aromatic heterocycles. The van der Waals surface area contributed by atoms with E-state index in [1.807, 2.05) is 0 Å². The van der Waals surface area contributed by atoms with E-state index in [0.717, 1.165) is 19.0 Å². The summed E-state index contributed by atoms with van der Waals surface area (Å²) in [6.07, 6.45) is 8.27. The quantitative estimate of drug-likeness (QED) is 0.775. The lowest BCUT2D eigenvalue weighted by Crippen LogP contribution is -2.52. The van der Waals surface area contributed by atoms with Crippen LogP contribution in [0.5, 0.6) is 0 Å². The molecule has 88 valence electrons. The minimum absolute atomic E-state index is 0.222. The van der Waals surface area contributed by atoms with Crippen LogP contribution in [0.4, 0.5) is 0 Å². The van der Waals surface area contributed by atoms with Crippen LogP contribution in [0.25, 0.3) is 0 Å². The summed E-state index contributed by atoms with van der Waals surface area (Å²) in [6.45, 7) is 6.74. The Labute approximate surface area is 93.8 Å². The summed E-state index contributed by atoms with van der Waals surface area (Å²) in [6, 6.07) is 0. The fourth-order valence-corrected chi connectivity index (χ4v) is 2.89. The highest BCUT2D eigenvalue weighted by atomic mass is 16.5. The minimum atomic E-state index is 0.222. The van der Waals surface area contributed by atoms with Crippen LogP contribution in [0, 0.1) is 5.92 Å². The lowest BCUT2D eigenvalue weighted by Gasteiger charge is -2.39. The summed E-state index contributed by atoms with van der Waals surface area (Å²) in [5, 5.41) is 3.57. The van der Waals surface area contributed by atoms with Crippen molar-refractivity contribution in [2.24, 2.45) is 5.92 Å². The van der Waals surface area contributed by atoms with Gasteiger partial charge in [0.1, 0.15) is 0 Å². The monoisotopic (exact) mass is 211 g/mol. The first-order chi connectivity index (χ1) is 7.20. The molecule has 1 saturated carbocycles. The number of morpholine rings is 1. The maximum absolute atomic E-state index is 6.32. The smallest absolute Gasteiger partial charge is 0.0810 e. The van der Waals surface area contributed by atoms with Crippen LogP contribution < -0.4 is 5.32 Å². The second-order valence-corrected chi connectivity index (χ2v) is 5.73. The van der Waals surface area contributed by atoms with Crippen LogP contribution in [0.2, 0.25) is 0 Å². The van der Waals surface area contributed by atoms with Crippen molar-refractivity contribution in [3.8, 4) is 0 Å². The molecule has 1 atom stereocenters. The van der Waals surface area contributed by atoms with Crippen molar-refractivity contribution in [1.82, 2.24) is 5.32 Å². The second kappa shape index (κ2) is 4.84. The van der Waals surface area contributed by atoms with E-state index in [4.69, 9.17) is 4.74 Å². The molecule has 1 heterocycles. The van der Waals surface area contributed by atoms with Gasteiger partial charge in [0.25, 0.3) is 0 Å². The normalized spacial score (nSPS) is 30.2. The molecule has 15 heavy (non-hydrogen) atoms. The molecule has 1 aliphatic carbocycles. The lowest BCUT2D eigenvalue weighted by atomic mass is 9.97. The van der Waals surface area contributed by atoms with Crippen molar-refractivity contribution in [3.05, 3.63) is 0 Å². The average molecular weight is 211 g/mol. The van der Waals surface area contributed by atoms with Gasteiger partial charge >= 0.3 is 0 Å². The van der Waals surface area contributed by atoms with Crippen LogP contribution in [0.3, 0.4) is 0 Å². The van der Waals surface area contributed by atoms with Gasteiger partial charge in [0, 0.05) is 13.1 Å². The SMILES string of the molecule is CC(C)CC[C@@H]1CNCC2(CCCC2)O1. The van der Waals surface area contributed by atoms with Crippen LogP contribution in [-0.2, 0) is 4.74 Å². The zero-order chi connectivity index (χ0) is 10.7. The molecule has 0 bridgehead atoms. The Kier molecular flexibility index (Phi) is 3.68. The Morgan fingerprint density at radius 1 is 1.33 bits per heavy atom. The van der Waals surface area contributed by atoms with Gasteiger partial charge in [-0.2, -0.15) is 0 Å². The molecule has 0 aromatic carbocycles. The van der Waals surface area contributed by atoms with Crippen molar-refractivity contribution in [2.75, 3.05) is 13.1 Å². The predicted molar refractivity (Wildman–Crippen MR) is 63.0 cm³/mol. The number of nitrogens with one attached hydrogen (secondary N) is 1. The fourth-order valence-electron chi connectivity index (χ4n) is 2.89. The summed E-state index contributed by atoms with van der Waals surface area (Å²) in [5.41, 5.74) is 0.222. The number of hydrogen-bond acceptors (Lipinski definition) is 2. The Balaban J connectivity index is 1.81. The summed E-state index contributed by atoms with van der Waals surface area (Å²) < 4.78 is 6.32. The van der Waals surface area contributed by atoms with Gasteiger partial charge in [0.15, 0.2) is 0 Å². The molecule has 1 saturated heterocycles. The maximum atomic E-state index is 6.32. The van der Waals surface area contributed by atoms with E-state index < -0.39 is 0 Å². The van der Waals surface area contributed by atoms with E-state index in [1.165, 1.54) is 38.5 Å². The Morgan fingerprint density at radius 2 is 2.07 bits per heavy atom. The molecule has 1 N–H and O–H groups in total. The molecule has 1 aliphatic heterocycles. The van der Waals surface area contributed by atoms with Gasteiger partial charge in [-0.1, -0.05) is 26.7 Å². The molecular formula is C13H25NO. The average Bonchev–Trinajstić information content (AvgIpc) is 2.63. The molecule has 2 heteroatoms. The lowest BCUT2D eigenvalue weighted by molar-refractivity contribution is -0.115. The third-order valence-electron chi connectivity index (χ3n) is 3.82. The highest BCUT2D eigenvalue weighted by molar-refractivity contribution is 4.93. The second-order valence-electron chi connectivity index (χ2n) is 5.73. The summed E-state index contributed by atoms with van der Waals surface area (Å²) in [5.74, 6) is 0.801. The topological polar surface area (TPSA) is 21.3 Å². The molecule has 0 unspecified atom stereocenters. The number of ether oxygens (including phenoxy) is 1. The van der Waals surface area contributed by atoms with Crippen molar-refractivity contribution >= 4 is 0 Å². The molecule has 2 fully saturated rings. The predicted octanol–water partition coefficient (Wildman–Crippen LogP) is 2.72. The Bertz CT molecular complexity index is 197. The third-order valence-corrected chi connectivity index (χ3v) is 3.82. The van der Waals surface area contributed by atoms with E-state index in [1.54, 1.807) is 0 Å². The maximum Gasteiger partial charge on any atom is 0.0810 e. The van der Waals surface area contributed by atoms with Gasteiger partial charge in [-0.3, -0.25) is 0 Å². The van der Waals surface area contributed by atoms with Crippen LogP contribution in [0.1, 0.15) is 52.4 Å². The van der Waals surface area contributed by atoms with Crippen molar-refractivity contribution in [2.45, 2.75) is 64.1 Å². The summed E-state index contributed by atoms with van der Waals surface area (Å²) in [7, 11) is 0. The van der Waals surface area contributed by atoms with E-state index in [9.17, 15) is 0 Å². The molecule has 1 spiro atoms. The third kappa shape index (κ3) is 2.94. The van der Waals surface area contributed by atoms with Crippen molar-refractivity contribution in [3.63, 3.8) is 0 Å². The fraction of sp³-hybridized carbons (Fsp3) is 1.00. The van der Waals surface area contributed by atoms with Gasteiger partial charge in [-0.05, 0) is 31.6 Å². The van der Waals surface area contributed by atoms with Crippen LogP contribution in [0.15, 0.2) is 0 Å². The van der Waals surface area contributed by atoms with Gasteiger partial charge in [-0.15, -0.1) is 0 Å². The van der Waals surface area contributed by atoms with Crippen LogP contribution in [-0.4, -0.2) is 24.8 Å². The Morgan fingerprint density at radius 3 is 2.73 bits per heavy atom. The van der Waals surface area contributed by atoms with Gasteiger partial charge < -0.3 is 10.1 Å². The van der Waals surface area contributed by atoms with Gasteiger partial charge in [0.2, 0.25) is 0 Å². The molecule has 2 rings (SSSR count). The van der Waals surface area contributed by atoms with E-state index in [-0.39, 0.29) is 5.60 Å². The molecule has 0 amide bonds. The molecule has 0 radical (unpaired) electrons. The van der Waals surface area contributed by atoms with Gasteiger partial charge in [0.05, 0.1) is 11.7 Å². The largest absolute Gasteiger partial charge is 0.369 e. The van der Waals surface area contributed by atoms with Crippen molar-refractivity contribution < 1.29 is 4.74 Å². The van der Waals surface area contributed by atoms with Crippen LogP contribution >= 0.6 is 0 Å². The first kappa shape index (κ1) is 11.4. The Hall–Kier alpha value is -0.0800. The molecule has 2 aliphatic rings. The zero-order valence-corrected chi connectivity index (χ0v) is 10.2. The van der Waals surface area contributed by atoms with Gasteiger partial charge in [-0.25, -0.2) is 0 Å². The highest BCUT2D eigenvalue weighted by Gasteiger charge is 2.39. The number of rotatable bonds is 3. The highest BCUT2D eigenvalue weighted by Crippen LogP contribution is 2.36. The molecule has 0 aromatic rings. The summed E-state index contributed by atoms with van der Waals surface area (Å²) in [4.78, 5) is 0. The first-order valence-electron chi connectivity index (χ1n) is 6.59. The molecule has 2 nitrogen and oxygen atoms in total. The first-order valence-corrected chi connectivity index (χ1v) is 6.59. The van der Waals surface area contributed by atoms with E-state index >= 15 is 0 Å². The number of hydrogen-bond donors (Lipinski definition) is 1. The minimum Gasteiger partial charge on any atom is -0.369 e. The summed E-state index contributed by atoms with van der Waals surface area (Å²) >= 11 is 0.